The standard InChI is InChI=1S/C16H14N4O3/c21-15(13-4-2-1-3-5-13)16-18-17-11-19(16)10-12-6-8-14(9-7-12)20(22)23/h1-9,11,15,21H,10H2/t15-/m1/s1. The molecule has 1 N–H and O–H groups in total. The minimum Gasteiger partial charge on any atom is -0.380 e. The molecule has 0 aliphatic heterocycles. The van der Waals surface area contributed by atoms with Gasteiger partial charge in [0.15, 0.2) is 5.82 Å². The smallest absolute Gasteiger partial charge is 0.269 e. The van der Waals surface area contributed by atoms with Gasteiger partial charge in [0.2, 0.25) is 0 Å². The van der Waals surface area contributed by atoms with Crippen molar-refractivity contribution in [1.82, 2.24) is 14.8 Å². The highest BCUT2D eigenvalue weighted by Crippen LogP contribution is 2.20. The van der Waals surface area contributed by atoms with Gasteiger partial charge in [0.25, 0.3) is 5.69 Å². The molecule has 1 aromatic heterocycles. The van der Waals surface area contributed by atoms with Crippen LogP contribution in [0.25, 0.3) is 0 Å². The lowest BCUT2D eigenvalue weighted by molar-refractivity contribution is -0.384. The molecule has 116 valence electrons. The van der Waals surface area contributed by atoms with E-state index in [2.05, 4.69) is 10.2 Å². The number of hydrogen-bond donors (Lipinski definition) is 1. The monoisotopic (exact) mass is 310 g/mol. The van der Waals surface area contributed by atoms with Crippen LogP contribution in [0, 0.1) is 10.1 Å². The van der Waals surface area contributed by atoms with Crippen molar-refractivity contribution in [2.24, 2.45) is 0 Å². The van der Waals surface area contributed by atoms with Crippen LogP contribution >= 0.6 is 0 Å². The second kappa shape index (κ2) is 6.37. The lowest BCUT2D eigenvalue weighted by Gasteiger charge is -2.12. The van der Waals surface area contributed by atoms with Crippen LogP contribution in [-0.4, -0.2) is 24.8 Å². The Bertz CT molecular complexity index is 800. The minimum absolute atomic E-state index is 0.0436. The second-order valence-corrected chi connectivity index (χ2v) is 5.05. The number of nitro benzene ring substituents is 1. The number of nitrogens with zero attached hydrogens (tertiary/aromatic N) is 4. The number of aromatic nitrogens is 3. The zero-order chi connectivity index (χ0) is 16.2. The van der Waals surface area contributed by atoms with E-state index in [4.69, 9.17) is 0 Å². The fraction of sp³-hybridized carbons (Fsp3) is 0.125. The maximum atomic E-state index is 10.7. The Morgan fingerprint density at radius 2 is 1.83 bits per heavy atom. The topological polar surface area (TPSA) is 94.1 Å². The van der Waals surface area contributed by atoms with Crippen LogP contribution in [0.1, 0.15) is 23.1 Å². The molecule has 0 fully saturated rings. The normalized spacial score (nSPS) is 12.0. The van der Waals surface area contributed by atoms with Crippen molar-refractivity contribution in [3.63, 3.8) is 0 Å². The molecule has 0 unspecified atom stereocenters. The summed E-state index contributed by atoms with van der Waals surface area (Å²) >= 11 is 0. The van der Waals surface area contributed by atoms with Gasteiger partial charge in [-0.25, -0.2) is 0 Å². The summed E-state index contributed by atoms with van der Waals surface area (Å²) in [7, 11) is 0. The van der Waals surface area contributed by atoms with Crippen molar-refractivity contribution in [3.8, 4) is 0 Å². The van der Waals surface area contributed by atoms with Gasteiger partial charge in [-0.05, 0) is 11.1 Å². The third kappa shape index (κ3) is 3.24. The molecule has 3 aromatic rings. The molecule has 1 heterocycles. The van der Waals surface area contributed by atoms with E-state index >= 15 is 0 Å². The van der Waals surface area contributed by atoms with E-state index < -0.39 is 11.0 Å². The SMILES string of the molecule is O=[N+]([O-])c1ccc(Cn2cnnc2[C@H](O)c2ccccc2)cc1. The van der Waals surface area contributed by atoms with Gasteiger partial charge in [0, 0.05) is 12.1 Å². The maximum absolute atomic E-state index is 10.7. The number of hydrogen-bond acceptors (Lipinski definition) is 5. The summed E-state index contributed by atoms with van der Waals surface area (Å²) in [5, 5.41) is 29.0. The molecule has 0 spiro atoms. The summed E-state index contributed by atoms with van der Waals surface area (Å²) in [6.45, 7) is 0.421. The van der Waals surface area contributed by atoms with Crippen molar-refractivity contribution in [3.05, 3.63) is 88.0 Å². The maximum Gasteiger partial charge on any atom is 0.269 e. The van der Waals surface area contributed by atoms with Gasteiger partial charge in [0.05, 0.1) is 11.5 Å². The summed E-state index contributed by atoms with van der Waals surface area (Å²) < 4.78 is 1.72. The van der Waals surface area contributed by atoms with E-state index in [9.17, 15) is 15.2 Å². The van der Waals surface area contributed by atoms with Gasteiger partial charge in [-0.2, -0.15) is 0 Å². The predicted molar refractivity (Wildman–Crippen MR) is 82.7 cm³/mol. The van der Waals surface area contributed by atoms with Gasteiger partial charge in [0.1, 0.15) is 12.4 Å². The lowest BCUT2D eigenvalue weighted by atomic mass is 10.1. The minimum atomic E-state index is -0.878. The van der Waals surface area contributed by atoms with Crippen molar-refractivity contribution in [2.75, 3.05) is 0 Å². The highest BCUT2D eigenvalue weighted by atomic mass is 16.6. The third-order valence-corrected chi connectivity index (χ3v) is 3.51. The van der Waals surface area contributed by atoms with Crippen molar-refractivity contribution in [1.29, 1.82) is 0 Å². The van der Waals surface area contributed by atoms with Crippen LogP contribution in [0.15, 0.2) is 60.9 Å². The average Bonchev–Trinajstić information content (AvgIpc) is 3.03. The molecule has 0 bridgehead atoms. The molecule has 0 radical (unpaired) electrons. The number of aliphatic hydroxyl groups excluding tert-OH is 1. The second-order valence-electron chi connectivity index (χ2n) is 5.05. The summed E-state index contributed by atoms with van der Waals surface area (Å²) in [6, 6.07) is 15.4. The fourth-order valence-electron chi connectivity index (χ4n) is 2.30. The van der Waals surface area contributed by atoms with E-state index in [0.717, 1.165) is 11.1 Å². The molecule has 7 heteroatoms. The highest BCUT2D eigenvalue weighted by Gasteiger charge is 2.17. The number of aliphatic hydroxyl groups is 1. The van der Waals surface area contributed by atoms with E-state index in [-0.39, 0.29) is 5.69 Å². The highest BCUT2D eigenvalue weighted by molar-refractivity contribution is 5.33. The molecule has 23 heavy (non-hydrogen) atoms. The number of nitro groups is 1. The Morgan fingerprint density at radius 1 is 1.13 bits per heavy atom. The first-order valence-corrected chi connectivity index (χ1v) is 6.99. The molecule has 2 aromatic carbocycles. The first kappa shape index (κ1) is 14.9. The average molecular weight is 310 g/mol. The summed E-state index contributed by atoms with van der Waals surface area (Å²) in [5.74, 6) is 0.426. The van der Waals surface area contributed by atoms with Gasteiger partial charge in [-0.15, -0.1) is 10.2 Å². The summed E-state index contributed by atoms with van der Waals surface area (Å²) in [5.41, 5.74) is 1.63. The first-order chi connectivity index (χ1) is 11.1. The van der Waals surface area contributed by atoms with Gasteiger partial charge in [-0.3, -0.25) is 10.1 Å². The van der Waals surface area contributed by atoms with Crippen LogP contribution in [0.5, 0.6) is 0 Å². The van der Waals surface area contributed by atoms with Crippen molar-refractivity contribution in [2.45, 2.75) is 12.6 Å². The zero-order valence-corrected chi connectivity index (χ0v) is 12.1. The van der Waals surface area contributed by atoms with E-state index in [1.54, 1.807) is 16.7 Å². The van der Waals surface area contributed by atoms with Crippen molar-refractivity contribution >= 4 is 5.69 Å². The molecule has 0 aliphatic carbocycles. The molecule has 0 saturated heterocycles. The molecular formula is C16H14N4O3. The third-order valence-electron chi connectivity index (χ3n) is 3.51. The first-order valence-electron chi connectivity index (χ1n) is 6.99. The Hall–Kier alpha value is -3.06. The number of non-ortho nitro benzene ring substituents is 1. The molecule has 0 aliphatic rings. The Kier molecular flexibility index (Phi) is 4.11. The Labute approximate surface area is 132 Å². The van der Waals surface area contributed by atoms with Crippen LogP contribution in [0.3, 0.4) is 0 Å². The zero-order valence-electron chi connectivity index (χ0n) is 12.1. The molecule has 1 atom stereocenters. The summed E-state index contributed by atoms with van der Waals surface area (Å²) in [4.78, 5) is 10.2. The van der Waals surface area contributed by atoms with Gasteiger partial charge >= 0.3 is 0 Å². The number of benzene rings is 2. The molecule has 0 amide bonds. The van der Waals surface area contributed by atoms with E-state index in [1.807, 2.05) is 30.3 Å². The molecular weight excluding hydrogens is 296 g/mol. The fourth-order valence-corrected chi connectivity index (χ4v) is 2.30. The molecule has 7 nitrogen and oxygen atoms in total. The predicted octanol–water partition coefficient (Wildman–Crippen LogP) is 2.32. The Morgan fingerprint density at radius 3 is 2.48 bits per heavy atom. The van der Waals surface area contributed by atoms with E-state index in [0.29, 0.717) is 12.4 Å². The largest absolute Gasteiger partial charge is 0.380 e. The van der Waals surface area contributed by atoms with Crippen LogP contribution in [-0.2, 0) is 6.54 Å². The van der Waals surface area contributed by atoms with Crippen LogP contribution in [0.2, 0.25) is 0 Å². The quantitative estimate of drug-likeness (QED) is 0.576. The Balaban J connectivity index is 1.82. The number of rotatable bonds is 5. The molecule has 0 saturated carbocycles. The van der Waals surface area contributed by atoms with Crippen LogP contribution < -0.4 is 0 Å². The van der Waals surface area contributed by atoms with E-state index in [1.165, 1.54) is 18.5 Å². The molecule has 3 rings (SSSR count). The lowest BCUT2D eigenvalue weighted by Crippen LogP contribution is -2.10. The van der Waals surface area contributed by atoms with Gasteiger partial charge < -0.3 is 9.67 Å². The van der Waals surface area contributed by atoms with Gasteiger partial charge in [-0.1, -0.05) is 42.5 Å². The summed E-state index contributed by atoms with van der Waals surface area (Å²) in [6.07, 6.45) is 0.653. The van der Waals surface area contributed by atoms with Crippen LogP contribution in [0.4, 0.5) is 5.69 Å². The van der Waals surface area contributed by atoms with Crippen molar-refractivity contribution < 1.29 is 10.0 Å².